The first-order valence-corrected chi connectivity index (χ1v) is 9.33. The van der Waals surface area contributed by atoms with Crippen LogP contribution >= 0.6 is 0 Å². The maximum Gasteiger partial charge on any atom is 0.385 e. The molecule has 1 aromatic rings. The van der Waals surface area contributed by atoms with Gasteiger partial charge in [0.1, 0.15) is 17.4 Å². The first kappa shape index (κ1) is 20.4. The zero-order chi connectivity index (χ0) is 22.4. The monoisotopic (exact) mass is 418 g/mol. The number of benzene rings is 1. The number of fused-ring (bicyclic) bond motifs is 1. The first-order valence-electron chi connectivity index (χ1n) is 9.33. The fourth-order valence-electron chi connectivity index (χ4n) is 4.53. The van der Waals surface area contributed by atoms with Gasteiger partial charge in [0, 0.05) is 23.7 Å². The molecule has 1 aromatic carbocycles. The van der Waals surface area contributed by atoms with Gasteiger partial charge in [0.2, 0.25) is 5.78 Å². The number of phenols is 1. The standard InChI is InChI=1S/C21H22O9/c1-8-7-10(22)14-12-11(8)15(23)20(26)16(29-9(2)19(20,3)4)13(12)17(24)30-21(14,28-6)18(25)27-5/h7,9,22,26H,1-6H3. The van der Waals surface area contributed by atoms with Gasteiger partial charge in [-0.15, -0.1) is 0 Å². The third-order valence-corrected chi connectivity index (χ3v) is 6.62. The van der Waals surface area contributed by atoms with Crippen LogP contribution < -0.4 is 0 Å². The van der Waals surface area contributed by atoms with E-state index in [4.69, 9.17) is 18.9 Å². The van der Waals surface area contributed by atoms with Crippen molar-refractivity contribution in [3.63, 3.8) is 0 Å². The van der Waals surface area contributed by atoms with Gasteiger partial charge in [0.05, 0.1) is 12.7 Å². The van der Waals surface area contributed by atoms with Gasteiger partial charge >= 0.3 is 17.7 Å². The minimum Gasteiger partial charge on any atom is -0.507 e. The molecule has 1 aliphatic carbocycles. The molecule has 0 radical (unpaired) electrons. The van der Waals surface area contributed by atoms with Crippen LogP contribution in [0.3, 0.4) is 0 Å². The predicted octanol–water partition coefficient (Wildman–Crippen LogP) is 1.31. The van der Waals surface area contributed by atoms with Gasteiger partial charge in [-0.25, -0.2) is 9.59 Å². The van der Waals surface area contributed by atoms with E-state index in [1.54, 1.807) is 27.7 Å². The Morgan fingerprint density at radius 3 is 2.40 bits per heavy atom. The highest BCUT2D eigenvalue weighted by Gasteiger charge is 2.68. The minimum absolute atomic E-state index is 0.0168. The van der Waals surface area contributed by atoms with Crippen molar-refractivity contribution in [1.29, 1.82) is 0 Å². The van der Waals surface area contributed by atoms with Gasteiger partial charge in [0.25, 0.3) is 0 Å². The molecular weight excluding hydrogens is 396 g/mol. The number of carbonyl (C=O) groups excluding carboxylic acids is 3. The number of rotatable bonds is 2. The van der Waals surface area contributed by atoms with E-state index < -0.39 is 46.4 Å². The zero-order valence-electron chi connectivity index (χ0n) is 17.4. The number of carbonyl (C=O) groups is 3. The van der Waals surface area contributed by atoms with Crippen molar-refractivity contribution in [2.75, 3.05) is 14.2 Å². The molecule has 2 aliphatic heterocycles. The number of phenolic OH excluding ortho intramolecular Hbond substituents is 1. The maximum absolute atomic E-state index is 13.6. The number of Topliss-reactive ketones (excluding diaryl/α,β-unsaturated/α-hetero) is 1. The molecule has 3 unspecified atom stereocenters. The van der Waals surface area contributed by atoms with E-state index in [1.807, 2.05) is 0 Å². The van der Waals surface area contributed by atoms with Gasteiger partial charge in [-0.3, -0.25) is 4.79 Å². The number of esters is 2. The van der Waals surface area contributed by atoms with Crippen LogP contribution in [0.15, 0.2) is 11.8 Å². The Labute approximate surface area is 172 Å². The molecule has 0 saturated carbocycles. The van der Waals surface area contributed by atoms with E-state index in [-0.39, 0.29) is 28.0 Å². The van der Waals surface area contributed by atoms with Crippen molar-refractivity contribution < 1.29 is 43.5 Å². The van der Waals surface area contributed by atoms with Gasteiger partial charge in [-0.05, 0) is 25.5 Å². The number of methoxy groups -OCH3 is 2. The number of hydrogen-bond acceptors (Lipinski definition) is 9. The molecule has 1 fully saturated rings. The lowest BCUT2D eigenvalue weighted by molar-refractivity contribution is -0.238. The summed E-state index contributed by atoms with van der Waals surface area (Å²) < 4.78 is 21.2. The second-order valence-electron chi connectivity index (χ2n) is 8.26. The van der Waals surface area contributed by atoms with Gasteiger partial charge in [-0.1, -0.05) is 13.8 Å². The number of hydrogen-bond donors (Lipinski definition) is 2. The number of aliphatic hydroxyl groups is 1. The normalized spacial score (nSPS) is 31.0. The third kappa shape index (κ3) is 1.96. The molecule has 0 aromatic heterocycles. The number of aryl methyl sites for hydroxylation is 1. The molecule has 2 N–H and O–H groups in total. The Bertz CT molecular complexity index is 1070. The molecule has 1 saturated heterocycles. The van der Waals surface area contributed by atoms with Crippen LogP contribution in [-0.4, -0.2) is 53.9 Å². The summed E-state index contributed by atoms with van der Waals surface area (Å²) in [4.78, 5) is 39.4. The summed E-state index contributed by atoms with van der Waals surface area (Å²) >= 11 is 0. The Morgan fingerprint density at radius 2 is 1.83 bits per heavy atom. The molecule has 3 aliphatic rings. The van der Waals surface area contributed by atoms with Crippen molar-refractivity contribution in [2.24, 2.45) is 5.41 Å². The zero-order valence-corrected chi connectivity index (χ0v) is 17.4. The van der Waals surface area contributed by atoms with E-state index in [9.17, 15) is 24.6 Å². The number of ketones is 1. The number of ether oxygens (including phenoxy) is 4. The van der Waals surface area contributed by atoms with Crippen LogP contribution in [0.4, 0.5) is 0 Å². The average molecular weight is 418 g/mol. The lowest BCUT2D eigenvalue weighted by Gasteiger charge is -2.42. The summed E-state index contributed by atoms with van der Waals surface area (Å²) in [5, 5.41) is 22.3. The molecule has 0 bridgehead atoms. The Kier molecular flexibility index (Phi) is 3.96. The summed E-state index contributed by atoms with van der Waals surface area (Å²) in [7, 11) is 2.17. The van der Waals surface area contributed by atoms with Crippen molar-refractivity contribution in [3.8, 4) is 5.75 Å². The summed E-state index contributed by atoms with van der Waals surface area (Å²) in [5.74, 6) is -5.97. The van der Waals surface area contributed by atoms with Crippen LogP contribution in [-0.2, 0) is 34.3 Å². The van der Waals surface area contributed by atoms with Gasteiger partial charge < -0.3 is 29.2 Å². The molecule has 4 rings (SSSR count). The first-order chi connectivity index (χ1) is 13.9. The Morgan fingerprint density at radius 1 is 1.20 bits per heavy atom. The number of aromatic hydroxyl groups is 1. The van der Waals surface area contributed by atoms with E-state index in [2.05, 4.69) is 0 Å². The van der Waals surface area contributed by atoms with Gasteiger partial charge in [0.15, 0.2) is 11.4 Å². The quantitative estimate of drug-likeness (QED) is 0.683. The Hall–Kier alpha value is -2.91. The highest BCUT2D eigenvalue weighted by atomic mass is 16.7. The van der Waals surface area contributed by atoms with Gasteiger partial charge in [-0.2, -0.15) is 0 Å². The van der Waals surface area contributed by atoms with Crippen LogP contribution in [0.1, 0.15) is 47.8 Å². The molecule has 0 amide bonds. The predicted molar refractivity (Wildman–Crippen MR) is 100 cm³/mol. The molecule has 9 heteroatoms. The summed E-state index contributed by atoms with van der Waals surface area (Å²) in [5.41, 5.74) is -3.47. The van der Waals surface area contributed by atoms with E-state index in [0.29, 0.717) is 5.56 Å². The molecular formula is C21H22O9. The van der Waals surface area contributed by atoms with Crippen LogP contribution in [0.25, 0.3) is 5.57 Å². The molecule has 0 spiro atoms. The highest BCUT2D eigenvalue weighted by molar-refractivity contribution is 6.28. The fraction of sp³-hybridized carbons (Fsp3) is 0.476. The smallest absolute Gasteiger partial charge is 0.385 e. The van der Waals surface area contributed by atoms with Crippen molar-refractivity contribution in [1.82, 2.24) is 0 Å². The summed E-state index contributed by atoms with van der Waals surface area (Å²) in [6.07, 6.45) is -0.622. The van der Waals surface area contributed by atoms with Crippen molar-refractivity contribution in [3.05, 3.63) is 34.1 Å². The van der Waals surface area contributed by atoms with E-state index in [1.165, 1.54) is 6.07 Å². The lowest BCUT2D eigenvalue weighted by atomic mass is 9.63. The summed E-state index contributed by atoms with van der Waals surface area (Å²) in [6.45, 7) is 6.55. The lowest BCUT2D eigenvalue weighted by Crippen LogP contribution is -2.55. The molecule has 9 nitrogen and oxygen atoms in total. The van der Waals surface area contributed by atoms with Crippen LogP contribution in [0.2, 0.25) is 0 Å². The largest absolute Gasteiger partial charge is 0.507 e. The molecule has 3 atom stereocenters. The maximum atomic E-state index is 13.6. The SMILES string of the molecule is COC(=O)C1(OC)OC(=O)C2=C3OC(C)C(C)(C)C3(O)C(=O)c3c(C)cc(O)c1c32. The molecule has 30 heavy (non-hydrogen) atoms. The van der Waals surface area contributed by atoms with Crippen LogP contribution in [0.5, 0.6) is 5.75 Å². The third-order valence-electron chi connectivity index (χ3n) is 6.62. The van der Waals surface area contributed by atoms with E-state index in [0.717, 1.165) is 14.2 Å². The average Bonchev–Trinajstić information content (AvgIpc) is 2.86. The highest BCUT2D eigenvalue weighted by Crippen LogP contribution is 2.59. The molecule has 2 heterocycles. The molecule has 160 valence electrons. The second-order valence-corrected chi connectivity index (χ2v) is 8.26. The second kappa shape index (κ2) is 5.83. The van der Waals surface area contributed by atoms with E-state index >= 15 is 0 Å². The Balaban J connectivity index is 2.21. The number of cyclic esters (lactones) is 1. The van der Waals surface area contributed by atoms with Crippen LogP contribution in [0, 0.1) is 12.3 Å². The minimum atomic E-state index is -2.42. The fourth-order valence-corrected chi connectivity index (χ4v) is 4.53. The summed E-state index contributed by atoms with van der Waals surface area (Å²) in [6, 6.07) is 1.25. The van der Waals surface area contributed by atoms with Crippen molar-refractivity contribution >= 4 is 23.3 Å². The van der Waals surface area contributed by atoms with Crippen molar-refractivity contribution in [2.45, 2.75) is 45.2 Å². The topological polar surface area (TPSA) is 129 Å².